The third-order valence-corrected chi connectivity index (χ3v) is 5.54. The molecule has 5 nitrogen and oxygen atoms in total. The molecule has 8 heteroatoms. The van der Waals surface area contributed by atoms with E-state index in [0.717, 1.165) is 48.4 Å². The molecule has 1 heterocycles. The number of hydrogen-bond acceptors (Lipinski definition) is 4. The van der Waals surface area contributed by atoms with E-state index < -0.39 is 30.2 Å². The summed E-state index contributed by atoms with van der Waals surface area (Å²) in [6.45, 7) is 1.56. The number of amides is 1. The van der Waals surface area contributed by atoms with E-state index in [4.69, 9.17) is 9.72 Å². The number of fused-ring (bicyclic) bond motifs is 2. The molecule has 3 aromatic rings. The Morgan fingerprint density at radius 1 is 1.12 bits per heavy atom. The van der Waals surface area contributed by atoms with Gasteiger partial charge < -0.3 is 10.1 Å². The third-order valence-electron chi connectivity index (χ3n) is 5.54. The van der Waals surface area contributed by atoms with Gasteiger partial charge in [0.25, 0.3) is 5.91 Å². The number of para-hydroxylation sites is 1. The number of rotatable bonds is 4. The molecule has 0 spiro atoms. The highest BCUT2D eigenvalue weighted by atomic mass is 19.4. The molecule has 1 aliphatic rings. The van der Waals surface area contributed by atoms with E-state index in [2.05, 4.69) is 12.2 Å². The lowest BCUT2D eigenvalue weighted by atomic mass is 9.84. The Labute approximate surface area is 182 Å². The zero-order valence-electron chi connectivity index (χ0n) is 17.3. The quantitative estimate of drug-likeness (QED) is 0.566. The minimum Gasteiger partial charge on any atom is -0.452 e. The lowest BCUT2D eigenvalue weighted by Gasteiger charge is -2.24. The molecule has 32 heavy (non-hydrogen) atoms. The largest absolute Gasteiger partial charge is 0.452 e. The van der Waals surface area contributed by atoms with Crippen LogP contribution < -0.4 is 5.32 Å². The second kappa shape index (κ2) is 8.61. The highest BCUT2D eigenvalue weighted by Crippen LogP contribution is 2.32. The first-order chi connectivity index (χ1) is 15.2. The van der Waals surface area contributed by atoms with Gasteiger partial charge in [0.1, 0.15) is 0 Å². The number of alkyl halides is 3. The van der Waals surface area contributed by atoms with Crippen molar-refractivity contribution in [2.24, 2.45) is 5.92 Å². The monoisotopic (exact) mass is 442 g/mol. The fourth-order valence-electron chi connectivity index (χ4n) is 3.94. The van der Waals surface area contributed by atoms with Crippen LogP contribution in [0.4, 0.5) is 18.9 Å². The summed E-state index contributed by atoms with van der Waals surface area (Å²) < 4.78 is 43.3. The summed E-state index contributed by atoms with van der Waals surface area (Å²) in [6, 6.07) is 11.3. The van der Waals surface area contributed by atoms with Gasteiger partial charge in [-0.1, -0.05) is 25.1 Å². The van der Waals surface area contributed by atoms with Crippen LogP contribution in [-0.2, 0) is 28.5 Å². The molecule has 0 saturated heterocycles. The van der Waals surface area contributed by atoms with Gasteiger partial charge in [-0.15, -0.1) is 0 Å². The maximum absolute atomic E-state index is 13.0. The number of benzene rings is 2. The van der Waals surface area contributed by atoms with Gasteiger partial charge in [0.2, 0.25) is 0 Å². The number of aromatic nitrogens is 1. The molecular formula is C24H21F3N2O3. The number of aryl methyl sites for hydroxylation is 1. The number of esters is 1. The van der Waals surface area contributed by atoms with E-state index >= 15 is 0 Å². The van der Waals surface area contributed by atoms with E-state index in [1.54, 1.807) is 6.07 Å². The topological polar surface area (TPSA) is 68.3 Å². The molecular weight excluding hydrogens is 421 g/mol. The summed E-state index contributed by atoms with van der Waals surface area (Å²) in [5.74, 6) is -0.852. The van der Waals surface area contributed by atoms with E-state index in [-0.39, 0.29) is 5.69 Å². The highest BCUT2D eigenvalue weighted by molar-refractivity contribution is 6.06. The van der Waals surface area contributed by atoms with E-state index in [1.807, 2.05) is 18.2 Å². The summed E-state index contributed by atoms with van der Waals surface area (Å²) in [5.41, 5.74) is 2.23. The Balaban J connectivity index is 1.50. The number of halogens is 3. The average Bonchev–Trinajstić information content (AvgIpc) is 2.75. The number of hydrogen-bond donors (Lipinski definition) is 1. The first-order valence-corrected chi connectivity index (χ1v) is 10.3. The van der Waals surface area contributed by atoms with Gasteiger partial charge in [0, 0.05) is 16.8 Å². The second-order valence-electron chi connectivity index (χ2n) is 7.98. The average molecular weight is 442 g/mol. The van der Waals surface area contributed by atoms with Crippen molar-refractivity contribution in [1.82, 2.24) is 4.98 Å². The van der Waals surface area contributed by atoms with Gasteiger partial charge in [-0.2, -0.15) is 13.2 Å². The Hall–Kier alpha value is -3.42. The minimum absolute atomic E-state index is 0.180. The zero-order valence-corrected chi connectivity index (χ0v) is 17.3. The SMILES string of the molecule is C[C@H]1CCc2nc3ccccc3c(C(=O)OCC(=O)Nc3ccc(C(F)(F)F)cc3)c2C1. The van der Waals surface area contributed by atoms with Crippen molar-refractivity contribution < 1.29 is 27.5 Å². The molecule has 0 saturated carbocycles. The fourth-order valence-corrected chi connectivity index (χ4v) is 3.94. The van der Waals surface area contributed by atoms with Crippen LogP contribution in [0, 0.1) is 5.92 Å². The molecule has 1 aromatic heterocycles. The van der Waals surface area contributed by atoms with E-state index in [1.165, 1.54) is 0 Å². The number of carbonyl (C=O) groups excluding carboxylic acids is 2. The molecule has 0 radical (unpaired) electrons. The van der Waals surface area contributed by atoms with Crippen molar-refractivity contribution in [2.45, 2.75) is 32.4 Å². The molecule has 0 unspecified atom stereocenters. The van der Waals surface area contributed by atoms with Gasteiger partial charge in [-0.05, 0) is 61.1 Å². The van der Waals surface area contributed by atoms with Crippen LogP contribution in [0.25, 0.3) is 10.9 Å². The maximum atomic E-state index is 13.0. The smallest absolute Gasteiger partial charge is 0.416 e. The standard InChI is InChI=1S/C24H21F3N2O3/c1-14-6-11-20-18(12-14)22(17-4-2-3-5-19(17)29-20)23(31)32-13-21(30)28-16-9-7-15(8-10-16)24(25,26)27/h2-5,7-10,14H,6,11-13H2,1H3,(H,28,30)/t14-/m0/s1. The van der Waals surface area contributed by atoms with Crippen molar-refractivity contribution in [1.29, 1.82) is 0 Å². The normalized spacial score (nSPS) is 15.8. The van der Waals surface area contributed by atoms with Crippen LogP contribution in [-0.4, -0.2) is 23.5 Å². The predicted octanol–water partition coefficient (Wildman–Crippen LogP) is 5.17. The summed E-state index contributed by atoms with van der Waals surface area (Å²) in [4.78, 5) is 29.9. The van der Waals surface area contributed by atoms with Crippen LogP contribution in [0.15, 0.2) is 48.5 Å². The lowest BCUT2D eigenvalue weighted by molar-refractivity contribution is -0.137. The molecule has 0 bridgehead atoms. The third kappa shape index (κ3) is 4.59. The van der Waals surface area contributed by atoms with Crippen molar-refractivity contribution in [3.8, 4) is 0 Å². The Kier molecular flexibility index (Phi) is 5.86. The summed E-state index contributed by atoms with van der Waals surface area (Å²) in [7, 11) is 0. The van der Waals surface area contributed by atoms with Crippen molar-refractivity contribution >= 4 is 28.5 Å². The second-order valence-corrected chi connectivity index (χ2v) is 7.98. The number of ether oxygens (including phenoxy) is 1. The number of carbonyl (C=O) groups is 2. The van der Waals surface area contributed by atoms with Gasteiger partial charge >= 0.3 is 12.1 Å². The number of pyridine rings is 1. The number of nitrogens with one attached hydrogen (secondary N) is 1. The van der Waals surface area contributed by atoms with Gasteiger partial charge in [0.05, 0.1) is 16.6 Å². The fraction of sp³-hybridized carbons (Fsp3) is 0.292. The van der Waals surface area contributed by atoms with Crippen molar-refractivity contribution in [3.05, 3.63) is 70.9 Å². The summed E-state index contributed by atoms with van der Waals surface area (Å²) >= 11 is 0. The number of nitrogens with zero attached hydrogens (tertiary/aromatic N) is 1. The van der Waals surface area contributed by atoms with Crippen LogP contribution in [0.1, 0.15) is 40.5 Å². The molecule has 0 fully saturated rings. The minimum atomic E-state index is -4.46. The number of anilines is 1. The molecule has 1 N–H and O–H groups in total. The maximum Gasteiger partial charge on any atom is 0.416 e. The van der Waals surface area contributed by atoms with Gasteiger partial charge in [-0.25, -0.2) is 4.79 Å². The van der Waals surface area contributed by atoms with Crippen LogP contribution in [0.2, 0.25) is 0 Å². The molecule has 1 atom stereocenters. The predicted molar refractivity (Wildman–Crippen MR) is 113 cm³/mol. The van der Waals surface area contributed by atoms with Crippen LogP contribution in [0.3, 0.4) is 0 Å². The summed E-state index contributed by atoms with van der Waals surface area (Å²) in [6.07, 6.45) is -1.99. The molecule has 166 valence electrons. The first kappa shape index (κ1) is 21.8. The van der Waals surface area contributed by atoms with E-state index in [0.29, 0.717) is 28.8 Å². The lowest BCUT2D eigenvalue weighted by Crippen LogP contribution is -2.23. The molecule has 4 rings (SSSR count). The van der Waals surface area contributed by atoms with Gasteiger partial charge in [0.15, 0.2) is 6.61 Å². The Morgan fingerprint density at radius 2 is 1.84 bits per heavy atom. The van der Waals surface area contributed by atoms with Crippen LogP contribution >= 0.6 is 0 Å². The first-order valence-electron chi connectivity index (χ1n) is 10.3. The molecule has 0 aliphatic heterocycles. The van der Waals surface area contributed by atoms with Crippen molar-refractivity contribution in [3.63, 3.8) is 0 Å². The Morgan fingerprint density at radius 3 is 2.56 bits per heavy atom. The highest BCUT2D eigenvalue weighted by Gasteiger charge is 2.30. The van der Waals surface area contributed by atoms with Crippen LogP contribution in [0.5, 0.6) is 0 Å². The van der Waals surface area contributed by atoms with Crippen molar-refractivity contribution in [2.75, 3.05) is 11.9 Å². The van der Waals surface area contributed by atoms with E-state index in [9.17, 15) is 22.8 Å². The summed E-state index contributed by atoms with van der Waals surface area (Å²) in [5, 5.41) is 3.11. The molecule has 2 aromatic carbocycles. The zero-order chi connectivity index (χ0) is 22.9. The molecule has 1 amide bonds. The Bertz CT molecular complexity index is 1170. The molecule has 1 aliphatic carbocycles. The van der Waals surface area contributed by atoms with Gasteiger partial charge in [-0.3, -0.25) is 9.78 Å².